The fourth-order valence-corrected chi connectivity index (χ4v) is 8.36. The van der Waals surface area contributed by atoms with Crippen LogP contribution in [0.5, 0.6) is 0 Å². The molecule has 0 radical (unpaired) electrons. The summed E-state index contributed by atoms with van der Waals surface area (Å²) < 4.78 is 38.8. The number of Topliss-reactive ketones (excluding diaryl/α,β-unsaturated/α-hetero) is 1. The highest BCUT2D eigenvalue weighted by Crippen LogP contribution is 2.44. The van der Waals surface area contributed by atoms with Gasteiger partial charge < -0.3 is 0 Å². The largest absolute Gasteiger partial charge is 0.416 e. The molecule has 1 nitrogen and oxygen atoms in total. The number of hydrogen-bond donors (Lipinski definition) is 0. The van der Waals surface area contributed by atoms with Crippen LogP contribution < -0.4 is 15.9 Å². The van der Waals surface area contributed by atoms with Crippen LogP contribution in [0.15, 0.2) is 140 Å². The third-order valence-corrected chi connectivity index (χ3v) is 10.5. The van der Waals surface area contributed by atoms with E-state index in [2.05, 4.69) is 36.4 Å². The molecule has 188 valence electrons. The van der Waals surface area contributed by atoms with Crippen molar-refractivity contribution < 1.29 is 18.0 Å². The van der Waals surface area contributed by atoms with Crippen molar-refractivity contribution in [3.8, 4) is 11.1 Å². The summed E-state index contributed by atoms with van der Waals surface area (Å²) >= 11 is 0. The van der Waals surface area contributed by atoms with Gasteiger partial charge in [-0.3, -0.25) is 4.79 Å². The molecule has 0 bridgehead atoms. The number of carbonyl (C=O) groups is 1. The Kier molecular flexibility index (Phi) is 7.18. The van der Waals surface area contributed by atoms with Gasteiger partial charge in [-0.15, -0.1) is 0 Å². The maximum absolute atomic E-state index is 13.8. The second-order valence-electron chi connectivity index (χ2n) is 8.88. The zero-order valence-corrected chi connectivity index (χ0v) is 21.2. The second kappa shape index (κ2) is 10.7. The molecule has 0 spiro atoms. The van der Waals surface area contributed by atoms with E-state index in [9.17, 15) is 18.0 Å². The topological polar surface area (TPSA) is 17.1 Å². The van der Waals surface area contributed by atoms with E-state index in [0.717, 1.165) is 33.6 Å². The minimum atomic E-state index is -4.38. The first-order chi connectivity index (χ1) is 18.4. The SMILES string of the molecule is O=C(C=P(c1ccccc1)(c1ccccc1)c1ccccc1)c1ccc(-c2ccc(C(F)(F)F)cc2)cc1. The van der Waals surface area contributed by atoms with Gasteiger partial charge in [0.1, 0.15) is 0 Å². The van der Waals surface area contributed by atoms with Gasteiger partial charge >= 0.3 is 6.18 Å². The summed E-state index contributed by atoms with van der Waals surface area (Å²) in [6, 6.07) is 42.4. The van der Waals surface area contributed by atoms with Crippen LogP contribution in [-0.4, -0.2) is 11.6 Å². The zero-order chi connectivity index (χ0) is 26.6. The summed E-state index contributed by atoms with van der Waals surface area (Å²) in [6.45, 7) is -2.45. The molecular formula is C33H24F3OP. The molecule has 38 heavy (non-hydrogen) atoms. The van der Waals surface area contributed by atoms with E-state index < -0.39 is 18.6 Å². The molecule has 0 unspecified atom stereocenters. The van der Waals surface area contributed by atoms with E-state index in [1.165, 1.54) is 12.1 Å². The van der Waals surface area contributed by atoms with Gasteiger partial charge in [-0.1, -0.05) is 127 Å². The first kappa shape index (κ1) is 25.5. The maximum atomic E-state index is 13.8. The Balaban J connectivity index is 1.60. The lowest BCUT2D eigenvalue weighted by molar-refractivity contribution is -0.137. The van der Waals surface area contributed by atoms with Crippen LogP contribution >= 0.6 is 6.89 Å². The van der Waals surface area contributed by atoms with Crippen molar-refractivity contribution >= 4 is 34.4 Å². The van der Waals surface area contributed by atoms with Crippen LogP contribution in [-0.2, 0) is 6.18 Å². The molecule has 0 aliphatic rings. The summed E-state index contributed by atoms with van der Waals surface area (Å²) in [6.07, 6.45) is -4.38. The average molecular weight is 525 g/mol. The fraction of sp³-hybridized carbons (Fsp3) is 0.0303. The Morgan fingerprint density at radius 2 is 0.895 bits per heavy atom. The van der Waals surface area contributed by atoms with Gasteiger partial charge in [-0.05, 0) is 51.9 Å². The number of halogens is 3. The highest BCUT2D eigenvalue weighted by atomic mass is 31.2. The van der Waals surface area contributed by atoms with E-state index in [4.69, 9.17) is 0 Å². The molecular weight excluding hydrogens is 500 g/mol. The Morgan fingerprint density at radius 1 is 0.526 bits per heavy atom. The van der Waals surface area contributed by atoms with Gasteiger partial charge in [0.2, 0.25) is 0 Å². The third-order valence-electron chi connectivity index (χ3n) is 6.52. The second-order valence-corrected chi connectivity index (χ2v) is 12.1. The molecule has 0 saturated carbocycles. The van der Waals surface area contributed by atoms with Crippen LogP contribution in [0.1, 0.15) is 15.9 Å². The van der Waals surface area contributed by atoms with Crippen molar-refractivity contribution in [3.63, 3.8) is 0 Å². The van der Waals surface area contributed by atoms with Gasteiger partial charge in [0.05, 0.1) is 5.56 Å². The quantitative estimate of drug-likeness (QED) is 0.168. The summed E-state index contributed by atoms with van der Waals surface area (Å²) in [5, 5.41) is 3.23. The summed E-state index contributed by atoms with van der Waals surface area (Å²) in [4.78, 5) is 13.8. The van der Waals surface area contributed by atoms with Crippen molar-refractivity contribution in [2.24, 2.45) is 0 Å². The zero-order valence-electron chi connectivity index (χ0n) is 20.3. The molecule has 0 saturated heterocycles. The molecule has 0 aliphatic carbocycles. The van der Waals surface area contributed by atoms with Crippen molar-refractivity contribution in [2.45, 2.75) is 6.18 Å². The molecule has 5 aromatic carbocycles. The first-order valence-corrected chi connectivity index (χ1v) is 14.0. The Labute approximate surface area is 220 Å². The van der Waals surface area contributed by atoms with Crippen LogP contribution in [0.25, 0.3) is 11.1 Å². The van der Waals surface area contributed by atoms with E-state index in [1.807, 2.05) is 60.4 Å². The van der Waals surface area contributed by atoms with E-state index in [-0.39, 0.29) is 5.78 Å². The van der Waals surface area contributed by atoms with E-state index >= 15 is 0 Å². The van der Waals surface area contributed by atoms with Crippen LogP contribution in [0.4, 0.5) is 13.2 Å². The van der Waals surface area contributed by atoms with Crippen molar-refractivity contribution in [1.82, 2.24) is 0 Å². The number of alkyl halides is 3. The maximum Gasteiger partial charge on any atom is 0.416 e. The highest BCUT2D eigenvalue weighted by Gasteiger charge is 2.30. The Hall–Kier alpha value is -4.14. The van der Waals surface area contributed by atoms with Gasteiger partial charge in [-0.25, -0.2) is 0 Å². The van der Waals surface area contributed by atoms with E-state index in [0.29, 0.717) is 11.1 Å². The number of ketones is 1. The molecule has 5 rings (SSSR count). The Bertz CT molecular complexity index is 1470. The predicted molar refractivity (Wildman–Crippen MR) is 152 cm³/mol. The van der Waals surface area contributed by atoms with Gasteiger partial charge in [0.25, 0.3) is 0 Å². The molecule has 0 aromatic heterocycles. The molecule has 0 amide bonds. The number of benzene rings is 5. The summed E-state index contributed by atoms with van der Waals surface area (Å²) in [7, 11) is 0. The Morgan fingerprint density at radius 3 is 1.26 bits per heavy atom. The third kappa shape index (κ3) is 5.14. The van der Waals surface area contributed by atoms with Gasteiger partial charge in [0, 0.05) is 5.56 Å². The molecule has 5 heteroatoms. The van der Waals surface area contributed by atoms with Gasteiger partial charge in [-0.2, -0.15) is 13.2 Å². The lowest BCUT2D eigenvalue weighted by Crippen LogP contribution is -2.28. The minimum Gasteiger partial charge on any atom is -0.289 e. The number of carbonyl (C=O) groups excluding carboxylic acids is 1. The minimum absolute atomic E-state index is 0.103. The predicted octanol–water partition coefficient (Wildman–Crippen LogP) is 7.35. The summed E-state index contributed by atoms with van der Waals surface area (Å²) in [5.74, 6) is 1.77. The van der Waals surface area contributed by atoms with Crippen molar-refractivity contribution in [2.75, 3.05) is 0 Å². The average Bonchev–Trinajstić information content (AvgIpc) is 2.97. The molecule has 0 N–H and O–H groups in total. The van der Waals surface area contributed by atoms with Crippen LogP contribution in [0.3, 0.4) is 0 Å². The molecule has 0 atom stereocenters. The van der Waals surface area contributed by atoms with Crippen molar-refractivity contribution in [1.29, 1.82) is 0 Å². The number of hydrogen-bond acceptors (Lipinski definition) is 1. The fourth-order valence-electron chi connectivity index (χ4n) is 4.59. The standard InChI is InChI=1S/C33H24F3OP/c34-33(35,36)28-22-20-26(21-23-28)25-16-18-27(19-17-25)32(37)24-38(29-10-4-1-5-11-29,30-12-6-2-7-13-30)31-14-8-3-9-15-31/h1-24H. The highest BCUT2D eigenvalue weighted by molar-refractivity contribution is 7.95. The van der Waals surface area contributed by atoms with Crippen LogP contribution in [0.2, 0.25) is 0 Å². The molecule has 0 fully saturated rings. The van der Waals surface area contributed by atoms with Gasteiger partial charge in [0.15, 0.2) is 5.78 Å². The van der Waals surface area contributed by atoms with E-state index in [1.54, 1.807) is 24.3 Å². The normalized spacial score (nSPS) is 11.7. The summed E-state index contributed by atoms with van der Waals surface area (Å²) in [5.41, 5.74) is 1.23. The lowest BCUT2D eigenvalue weighted by atomic mass is 10.0. The smallest absolute Gasteiger partial charge is 0.289 e. The monoisotopic (exact) mass is 524 g/mol. The van der Waals surface area contributed by atoms with Crippen LogP contribution in [0, 0.1) is 0 Å². The lowest BCUT2D eigenvalue weighted by Gasteiger charge is -2.28. The molecule has 0 heterocycles. The molecule has 0 aliphatic heterocycles. The molecule has 5 aromatic rings. The van der Waals surface area contributed by atoms with Crippen molar-refractivity contribution in [3.05, 3.63) is 151 Å². The number of rotatable bonds is 6. The first-order valence-electron chi connectivity index (χ1n) is 12.1.